The highest BCUT2D eigenvalue weighted by Crippen LogP contribution is 2.30. The van der Waals surface area contributed by atoms with Crippen LogP contribution < -0.4 is 5.73 Å². The Morgan fingerprint density at radius 2 is 1.68 bits per heavy atom. The van der Waals surface area contributed by atoms with E-state index in [1.54, 1.807) is 0 Å². The van der Waals surface area contributed by atoms with Crippen LogP contribution in [0.25, 0.3) is 0 Å². The van der Waals surface area contributed by atoms with Crippen molar-refractivity contribution in [3.63, 3.8) is 0 Å². The number of rotatable bonds is 2. The molecule has 2 aromatic rings. The molecule has 1 aliphatic rings. The molecule has 1 aliphatic carbocycles. The summed E-state index contributed by atoms with van der Waals surface area (Å²) in [5, 5.41) is 0. The molecule has 0 aliphatic heterocycles. The van der Waals surface area contributed by atoms with E-state index in [0.29, 0.717) is 0 Å². The van der Waals surface area contributed by atoms with E-state index >= 15 is 0 Å². The number of hydrogen-bond donors (Lipinski definition) is 1. The first-order chi connectivity index (χ1) is 9.16. The molecular weight excluding hydrogens is 230 g/mol. The Labute approximate surface area is 115 Å². The summed E-state index contributed by atoms with van der Waals surface area (Å²) in [6, 6.07) is 17.3. The maximum absolute atomic E-state index is 6.67. The van der Waals surface area contributed by atoms with E-state index in [0.717, 1.165) is 25.7 Å². The van der Waals surface area contributed by atoms with Gasteiger partial charge in [0.25, 0.3) is 0 Å². The highest BCUT2D eigenvalue weighted by atomic mass is 14.7. The lowest BCUT2D eigenvalue weighted by Crippen LogP contribution is -2.47. The third-order valence-electron chi connectivity index (χ3n) is 4.36. The molecule has 0 saturated carbocycles. The fraction of sp³-hybridized carbons (Fsp3) is 0.333. The van der Waals surface area contributed by atoms with Crippen molar-refractivity contribution in [1.29, 1.82) is 0 Å². The van der Waals surface area contributed by atoms with Crippen LogP contribution in [0, 0.1) is 6.92 Å². The van der Waals surface area contributed by atoms with Gasteiger partial charge in [-0.05, 0) is 54.9 Å². The third-order valence-corrected chi connectivity index (χ3v) is 4.36. The summed E-state index contributed by atoms with van der Waals surface area (Å²) < 4.78 is 0. The average molecular weight is 251 g/mol. The molecule has 0 radical (unpaired) electrons. The monoisotopic (exact) mass is 251 g/mol. The molecule has 0 heterocycles. The molecule has 1 nitrogen and oxygen atoms in total. The van der Waals surface area contributed by atoms with Gasteiger partial charge in [0.1, 0.15) is 0 Å². The zero-order valence-corrected chi connectivity index (χ0v) is 11.5. The van der Waals surface area contributed by atoms with Crippen molar-refractivity contribution in [1.82, 2.24) is 0 Å². The minimum absolute atomic E-state index is 0.0829. The van der Waals surface area contributed by atoms with Crippen LogP contribution in [0.5, 0.6) is 0 Å². The van der Waals surface area contributed by atoms with Crippen molar-refractivity contribution in [2.45, 2.75) is 38.1 Å². The molecule has 1 unspecified atom stereocenters. The molecule has 0 saturated heterocycles. The molecule has 0 spiro atoms. The third kappa shape index (κ3) is 2.57. The van der Waals surface area contributed by atoms with Crippen molar-refractivity contribution in [3.05, 3.63) is 70.8 Å². The fourth-order valence-electron chi connectivity index (χ4n) is 3.16. The predicted molar refractivity (Wildman–Crippen MR) is 80.3 cm³/mol. The van der Waals surface area contributed by atoms with Gasteiger partial charge in [0.05, 0.1) is 0 Å². The highest BCUT2D eigenvalue weighted by molar-refractivity contribution is 5.34. The van der Waals surface area contributed by atoms with Crippen molar-refractivity contribution >= 4 is 0 Å². The lowest BCUT2D eigenvalue weighted by Gasteiger charge is -2.35. The molecule has 98 valence electrons. The lowest BCUT2D eigenvalue weighted by atomic mass is 9.75. The van der Waals surface area contributed by atoms with Crippen LogP contribution in [0.3, 0.4) is 0 Å². The van der Waals surface area contributed by atoms with Gasteiger partial charge < -0.3 is 5.73 Å². The molecule has 1 heteroatoms. The van der Waals surface area contributed by atoms with Crippen LogP contribution in [-0.4, -0.2) is 5.54 Å². The quantitative estimate of drug-likeness (QED) is 0.869. The summed E-state index contributed by atoms with van der Waals surface area (Å²) in [6.07, 6.45) is 4.17. The molecule has 0 bridgehead atoms. The van der Waals surface area contributed by atoms with Crippen LogP contribution in [0.2, 0.25) is 0 Å². The zero-order valence-electron chi connectivity index (χ0n) is 11.5. The van der Waals surface area contributed by atoms with Gasteiger partial charge in [0, 0.05) is 5.54 Å². The summed E-state index contributed by atoms with van der Waals surface area (Å²) in [5.74, 6) is 0. The van der Waals surface area contributed by atoms with Gasteiger partial charge in [-0.3, -0.25) is 0 Å². The van der Waals surface area contributed by atoms with Gasteiger partial charge in [0.2, 0.25) is 0 Å². The van der Waals surface area contributed by atoms with E-state index < -0.39 is 0 Å². The zero-order chi connectivity index (χ0) is 13.3. The molecule has 2 aromatic carbocycles. The highest BCUT2D eigenvalue weighted by Gasteiger charge is 2.30. The van der Waals surface area contributed by atoms with Crippen LogP contribution in [0.4, 0.5) is 0 Å². The van der Waals surface area contributed by atoms with Crippen molar-refractivity contribution in [3.8, 4) is 0 Å². The number of benzene rings is 2. The number of nitrogens with two attached hydrogens (primary N) is 1. The van der Waals surface area contributed by atoms with E-state index in [9.17, 15) is 0 Å². The minimum atomic E-state index is -0.0829. The Hall–Kier alpha value is -1.60. The van der Waals surface area contributed by atoms with Crippen molar-refractivity contribution in [2.24, 2.45) is 5.73 Å². The number of fused-ring (bicyclic) bond motifs is 1. The van der Waals surface area contributed by atoms with Gasteiger partial charge in [-0.1, -0.05) is 48.5 Å². The molecule has 0 aromatic heterocycles. The molecular formula is C18H21N. The average Bonchev–Trinajstić information content (AvgIpc) is 2.41. The number of aryl methyl sites for hydroxylation is 2. The summed E-state index contributed by atoms with van der Waals surface area (Å²) in [6.45, 7) is 2.18. The predicted octanol–water partition coefficient (Wildman–Crippen LogP) is 3.42. The largest absolute Gasteiger partial charge is 0.324 e. The summed E-state index contributed by atoms with van der Waals surface area (Å²) >= 11 is 0. The molecule has 3 rings (SSSR count). The second-order valence-corrected chi connectivity index (χ2v) is 5.91. The maximum Gasteiger partial charge on any atom is 0.0239 e. The van der Waals surface area contributed by atoms with Gasteiger partial charge in [-0.15, -0.1) is 0 Å². The summed E-state index contributed by atoms with van der Waals surface area (Å²) in [5.41, 5.74) is 12.3. The first-order valence-electron chi connectivity index (χ1n) is 7.06. The van der Waals surface area contributed by atoms with Gasteiger partial charge in [0.15, 0.2) is 0 Å². The van der Waals surface area contributed by atoms with E-state index in [1.165, 1.54) is 22.3 Å². The van der Waals surface area contributed by atoms with E-state index in [2.05, 4.69) is 55.5 Å². The Bertz CT molecular complexity index is 588. The molecule has 0 amide bonds. The second kappa shape index (κ2) is 4.82. The Morgan fingerprint density at radius 3 is 2.47 bits per heavy atom. The molecule has 19 heavy (non-hydrogen) atoms. The van der Waals surface area contributed by atoms with Crippen LogP contribution >= 0.6 is 0 Å². The van der Waals surface area contributed by atoms with Crippen molar-refractivity contribution in [2.75, 3.05) is 0 Å². The van der Waals surface area contributed by atoms with E-state index in [-0.39, 0.29) is 5.54 Å². The second-order valence-electron chi connectivity index (χ2n) is 5.91. The van der Waals surface area contributed by atoms with Gasteiger partial charge in [-0.2, -0.15) is 0 Å². The summed E-state index contributed by atoms with van der Waals surface area (Å²) in [7, 11) is 0. The fourth-order valence-corrected chi connectivity index (χ4v) is 3.16. The van der Waals surface area contributed by atoms with Crippen molar-refractivity contribution < 1.29 is 0 Å². The summed E-state index contributed by atoms with van der Waals surface area (Å²) in [4.78, 5) is 0. The van der Waals surface area contributed by atoms with E-state index in [1.807, 2.05) is 0 Å². The molecule has 0 fully saturated rings. The van der Waals surface area contributed by atoms with Gasteiger partial charge >= 0.3 is 0 Å². The Kier molecular flexibility index (Phi) is 3.16. The van der Waals surface area contributed by atoms with Gasteiger partial charge in [-0.25, -0.2) is 0 Å². The van der Waals surface area contributed by atoms with Crippen LogP contribution in [0.15, 0.2) is 48.5 Å². The standard InChI is InChI=1S/C18H21N/c1-14-6-2-3-8-16(14)12-18(19)11-10-15-7-4-5-9-17(15)13-18/h2-9H,10-13,19H2,1H3. The maximum atomic E-state index is 6.67. The number of hydrogen-bond acceptors (Lipinski definition) is 1. The normalized spacial score (nSPS) is 22.0. The first kappa shape index (κ1) is 12.4. The minimum Gasteiger partial charge on any atom is -0.324 e. The Morgan fingerprint density at radius 1 is 1.00 bits per heavy atom. The SMILES string of the molecule is Cc1ccccc1CC1(N)CCc2ccccc2C1. The first-order valence-corrected chi connectivity index (χ1v) is 7.06. The molecule has 2 N–H and O–H groups in total. The lowest BCUT2D eigenvalue weighted by molar-refractivity contribution is 0.369. The van der Waals surface area contributed by atoms with E-state index in [4.69, 9.17) is 5.73 Å². The van der Waals surface area contributed by atoms with Crippen LogP contribution in [0.1, 0.15) is 28.7 Å². The van der Waals surface area contributed by atoms with Crippen LogP contribution in [-0.2, 0) is 19.3 Å². The molecule has 1 atom stereocenters. The smallest absolute Gasteiger partial charge is 0.0239 e. The topological polar surface area (TPSA) is 26.0 Å². The Balaban J connectivity index is 1.84.